The summed E-state index contributed by atoms with van der Waals surface area (Å²) in [5.41, 5.74) is 0.135. The predicted octanol–water partition coefficient (Wildman–Crippen LogP) is 1.59. The van der Waals surface area contributed by atoms with Crippen LogP contribution < -0.4 is 10.6 Å². The Balaban J connectivity index is 1.79. The third-order valence-electron chi connectivity index (χ3n) is 6.23. The second kappa shape index (κ2) is 5.02. The highest BCUT2D eigenvalue weighted by atomic mass is 16.1. The number of hydrogen-bond donors (Lipinski definition) is 2. The van der Waals surface area contributed by atoms with Gasteiger partial charge in [0.2, 0.25) is 0 Å². The molecule has 114 valence electrons. The lowest BCUT2D eigenvalue weighted by atomic mass is 9.69. The number of Topliss-reactive ketones (excluding diaryl/α,β-unsaturated/α-hetero) is 1. The molecule has 0 aromatic rings. The van der Waals surface area contributed by atoms with E-state index >= 15 is 0 Å². The summed E-state index contributed by atoms with van der Waals surface area (Å²) < 4.78 is 0. The van der Waals surface area contributed by atoms with E-state index in [1.54, 1.807) is 0 Å². The molecule has 1 heterocycles. The smallest absolute Gasteiger partial charge is 0.169 e. The zero-order valence-corrected chi connectivity index (χ0v) is 12.5. The van der Waals surface area contributed by atoms with Gasteiger partial charge in [0.05, 0.1) is 0 Å². The van der Waals surface area contributed by atoms with E-state index in [-0.39, 0.29) is 29.5 Å². The summed E-state index contributed by atoms with van der Waals surface area (Å²) in [7, 11) is 0. The summed E-state index contributed by atoms with van der Waals surface area (Å²) in [4.78, 5) is 12.8. The van der Waals surface area contributed by atoms with Gasteiger partial charge >= 0.3 is 0 Å². The Morgan fingerprint density at radius 1 is 0.909 bits per heavy atom. The average molecular weight is 296 g/mol. The van der Waals surface area contributed by atoms with Crippen LogP contribution in [-0.4, -0.2) is 17.9 Å². The molecule has 2 N–H and O–H groups in total. The molecule has 6 unspecified atom stereocenters. The second-order valence-corrected chi connectivity index (χ2v) is 7.11. The minimum atomic E-state index is 0.135. The number of allylic oxidation sites excluding steroid dienone is 1. The normalized spacial score (nSPS) is 42.1. The predicted molar refractivity (Wildman–Crippen MR) is 78.8 cm³/mol. The van der Waals surface area contributed by atoms with Gasteiger partial charge in [-0.2, -0.15) is 10.5 Å². The maximum Gasteiger partial charge on any atom is 0.169 e. The van der Waals surface area contributed by atoms with Crippen molar-refractivity contribution in [2.24, 2.45) is 23.7 Å². The maximum atomic E-state index is 12.8. The SMILES string of the molecule is N#CC(C#N)=C1NC2CCCC3C(=O)C4CCCC(N1)C4C23. The fourth-order valence-corrected chi connectivity index (χ4v) is 5.49. The second-order valence-electron chi connectivity index (χ2n) is 7.11. The van der Waals surface area contributed by atoms with Crippen LogP contribution in [0.3, 0.4) is 0 Å². The lowest BCUT2D eigenvalue weighted by Gasteiger charge is -2.38. The Morgan fingerprint density at radius 2 is 1.41 bits per heavy atom. The van der Waals surface area contributed by atoms with E-state index in [0.29, 0.717) is 23.4 Å². The van der Waals surface area contributed by atoms with Gasteiger partial charge in [0.15, 0.2) is 5.57 Å². The number of nitriles is 2. The molecule has 0 bridgehead atoms. The van der Waals surface area contributed by atoms with Crippen molar-refractivity contribution in [3.63, 3.8) is 0 Å². The van der Waals surface area contributed by atoms with Gasteiger partial charge in [-0.3, -0.25) is 4.79 Å². The van der Waals surface area contributed by atoms with Crippen LogP contribution in [0.4, 0.5) is 0 Å². The molecule has 4 fully saturated rings. The van der Waals surface area contributed by atoms with E-state index in [9.17, 15) is 15.3 Å². The molecule has 0 aromatic heterocycles. The third kappa shape index (κ3) is 1.78. The van der Waals surface area contributed by atoms with Crippen molar-refractivity contribution in [3.05, 3.63) is 11.4 Å². The molecule has 22 heavy (non-hydrogen) atoms. The molecule has 1 aliphatic heterocycles. The van der Waals surface area contributed by atoms with Crippen molar-refractivity contribution in [2.45, 2.75) is 50.6 Å². The first-order chi connectivity index (χ1) is 10.7. The van der Waals surface area contributed by atoms with Crippen molar-refractivity contribution in [2.75, 3.05) is 0 Å². The van der Waals surface area contributed by atoms with Crippen molar-refractivity contribution in [3.8, 4) is 12.1 Å². The molecule has 6 atom stereocenters. The lowest BCUT2D eigenvalue weighted by Crippen LogP contribution is -2.43. The minimum Gasteiger partial charge on any atom is -0.367 e. The van der Waals surface area contributed by atoms with Crippen LogP contribution in [0.5, 0.6) is 0 Å². The molecule has 1 saturated heterocycles. The Kier molecular flexibility index (Phi) is 3.11. The molecule has 3 aliphatic carbocycles. The minimum absolute atomic E-state index is 0.135. The molecule has 0 spiro atoms. The van der Waals surface area contributed by atoms with Crippen molar-refractivity contribution in [1.29, 1.82) is 10.5 Å². The number of nitrogens with one attached hydrogen (secondary N) is 2. The Hall–Kier alpha value is -2.01. The molecule has 0 aromatic carbocycles. The van der Waals surface area contributed by atoms with E-state index in [2.05, 4.69) is 10.6 Å². The van der Waals surface area contributed by atoms with E-state index < -0.39 is 0 Å². The number of hydrogen-bond acceptors (Lipinski definition) is 5. The fourth-order valence-electron chi connectivity index (χ4n) is 5.49. The van der Waals surface area contributed by atoms with E-state index in [4.69, 9.17) is 0 Å². The molecular formula is C17H20N4O. The van der Waals surface area contributed by atoms with Crippen LogP contribution >= 0.6 is 0 Å². The van der Waals surface area contributed by atoms with Gasteiger partial charge in [0.1, 0.15) is 23.7 Å². The van der Waals surface area contributed by atoms with Gasteiger partial charge < -0.3 is 10.6 Å². The number of ketones is 1. The summed E-state index contributed by atoms with van der Waals surface area (Å²) in [6.07, 6.45) is 6.19. The van der Waals surface area contributed by atoms with Crippen LogP contribution in [0.1, 0.15) is 38.5 Å². The summed E-state index contributed by atoms with van der Waals surface area (Å²) >= 11 is 0. The molecule has 0 radical (unpaired) electrons. The van der Waals surface area contributed by atoms with Crippen LogP contribution in [0.2, 0.25) is 0 Å². The zero-order chi connectivity index (χ0) is 15.3. The zero-order valence-electron chi connectivity index (χ0n) is 12.5. The topological polar surface area (TPSA) is 88.7 Å². The van der Waals surface area contributed by atoms with Gasteiger partial charge in [-0.05, 0) is 37.5 Å². The average Bonchev–Trinajstić information content (AvgIpc) is 2.73. The molecular weight excluding hydrogens is 276 g/mol. The number of nitrogens with zero attached hydrogens (tertiary/aromatic N) is 2. The summed E-state index contributed by atoms with van der Waals surface area (Å²) in [5, 5.41) is 25.3. The number of carbonyl (C=O) groups is 1. The number of rotatable bonds is 0. The highest BCUT2D eigenvalue weighted by Crippen LogP contribution is 2.53. The van der Waals surface area contributed by atoms with Crippen LogP contribution in [-0.2, 0) is 4.79 Å². The van der Waals surface area contributed by atoms with Crippen molar-refractivity contribution >= 4 is 5.78 Å². The first kappa shape index (κ1) is 13.6. The quantitative estimate of drug-likeness (QED) is 0.663. The molecule has 3 saturated carbocycles. The molecule has 4 aliphatic rings. The Morgan fingerprint density at radius 3 is 1.86 bits per heavy atom. The number of carbonyl (C=O) groups excluding carboxylic acids is 1. The van der Waals surface area contributed by atoms with Crippen molar-refractivity contribution < 1.29 is 4.79 Å². The fraction of sp³-hybridized carbons (Fsp3) is 0.706. The first-order valence-electron chi connectivity index (χ1n) is 8.36. The van der Waals surface area contributed by atoms with Gasteiger partial charge in [0.25, 0.3) is 0 Å². The molecule has 0 amide bonds. The van der Waals surface area contributed by atoms with Crippen molar-refractivity contribution in [1.82, 2.24) is 10.6 Å². The molecule has 4 rings (SSSR count). The van der Waals surface area contributed by atoms with Gasteiger partial charge in [-0.15, -0.1) is 0 Å². The molecule has 5 nitrogen and oxygen atoms in total. The summed E-state index contributed by atoms with van der Waals surface area (Å²) in [6, 6.07) is 4.44. The highest BCUT2D eigenvalue weighted by molar-refractivity contribution is 5.87. The molecule has 5 heteroatoms. The maximum absolute atomic E-state index is 12.8. The van der Waals surface area contributed by atoms with Gasteiger partial charge in [-0.25, -0.2) is 0 Å². The highest BCUT2D eigenvalue weighted by Gasteiger charge is 2.58. The van der Waals surface area contributed by atoms with Gasteiger partial charge in [-0.1, -0.05) is 12.8 Å². The van der Waals surface area contributed by atoms with Gasteiger partial charge in [0, 0.05) is 23.9 Å². The largest absolute Gasteiger partial charge is 0.367 e. The summed E-state index contributed by atoms with van der Waals surface area (Å²) in [5.74, 6) is 2.22. The summed E-state index contributed by atoms with van der Waals surface area (Å²) in [6.45, 7) is 0. The van der Waals surface area contributed by atoms with Crippen LogP contribution in [0, 0.1) is 46.3 Å². The third-order valence-corrected chi connectivity index (χ3v) is 6.23. The van der Waals surface area contributed by atoms with Crippen LogP contribution in [0.25, 0.3) is 0 Å². The monoisotopic (exact) mass is 296 g/mol. The Bertz CT molecular complexity index is 576. The standard InChI is InChI=1S/C17H20N4O/c18-7-9(8-19)17-20-12-5-1-3-10-14(12)15-11(16(10)22)4-2-6-13(15)21-17/h10-15,20-21H,1-6H2. The van der Waals surface area contributed by atoms with Crippen LogP contribution in [0.15, 0.2) is 11.4 Å². The van der Waals surface area contributed by atoms with E-state index in [0.717, 1.165) is 38.5 Å². The van der Waals surface area contributed by atoms with E-state index in [1.807, 2.05) is 12.1 Å². The lowest BCUT2D eigenvalue weighted by molar-refractivity contribution is -0.125. The first-order valence-corrected chi connectivity index (χ1v) is 8.36. The Labute approximate surface area is 130 Å². The van der Waals surface area contributed by atoms with E-state index in [1.165, 1.54) is 0 Å².